The van der Waals surface area contributed by atoms with Crippen LogP contribution in [0.1, 0.15) is 28.7 Å². The van der Waals surface area contributed by atoms with Crippen LogP contribution >= 0.6 is 0 Å². The van der Waals surface area contributed by atoms with Gasteiger partial charge in [-0.2, -0.15) is 0 Å². The number of benzene rings is 1. The monoisotopic (exact) mass is 383 g/mol. The molecule has 0 saturated carbocycles. The summed E-state index contributed by atoms with van der Waals surface area (Å²) in [5.74, 6) is 1.33. The molecule has 1 amide bonds. The number of ether oxygens (including phenoxy) is 1. The zero-order valence-corrected chi connectivity index (χ0v) is 16.9. The topological polar surface area (TPSA) is 70.6 Å². The number of aromatic nitrogens is 2. The molecule has 0 bridgehead atoms. The van der Waals surface area contributed by atoms with Crippen molar-refractivity contribution in [1.82, 2.24) is 19.8 Å². The Morgan fingerprint density at radius 1 is 1.18 bits per heavy atom. The van der Waals surface area contributed by atoms with Gasteiger partial charge in [-0.1, -0.05) is 19.1 Å². The van der Waals surface area contributed by atoms with Gasteiger partial charge in [0.2, 0.25) is 5.95 Å². The summed E-state index contributed by atoms with van der Waals surface area (Å²) >= 11 is 0. The lowest BCUT2D eigenvalue weighted by atomic mass is 10.1. The number of amides is 1. The number of nitrogens with one attached hydrogen (secondary N) is 1. The van der Waals surface area contributed by atoms with Crippen molar-refractivity contribution in [3.05, 3.63) is 47.3 Å². The molecule has 1 aromatic carbocycles. The Morgan fingerprint density at radius 3 is 2.68 bits per heavy atom. The van der Waals surface area contributed by atoms with Gasteiger partial charge in [-0.15, -0.1) is 0 Å². The number of piperazine rings is 1. The summed E-state index contributed by atoms with van der Waals surface area (Å²) in [6, 6.07) is 9.75. The second-order valence-electron chi connectivity index (χ2n) is 6.97. The van der Waals surface area contributed by atoms with Gasteiger partial charge in [0.15, 0.2) is 0 Å². The van der Waals surface area contributed by atoms with Crippen LogP contribution in [-0.2, 0) is 6.42 Å². The van der Waals surface area contributed by atoms with E-state index in [4.69, 9.17) is 4.74 Å². The first-order chi connectivity index (χ1) is 13.6. The number of likely N-dealkylation sites (N-methyl/N-ethyl adjacent to an activating group) is 1. The Hall–Kier alpha value is -2.67. The molecule has 2 aromatic rings. The van der Waals surface area contributed by atoms with Crippen molar-refractivity contribution in [2.45, 2.75) is 20.3 Å². The van der Waals surface area contributed by atoms with Gasteiger partial charge in [-0.25, -0.2) is 9.97 Å². The fourth-order valence-electron chi connectivity index (χ4n) is 3.33. The van der Waals surface area contributed by atoms with E-state index in [9.17, 15) is 4.79 Å². The number of nitrogens with zero attached hydrogens (tertiary/aromatic N) is 4. The average molecular weight is 383 g/mol. The van der Waals surface area contributed by atoms with E-state index in [1.165, 1.54) is 5.56 Å². The molecule has 1 saturated heterocycles. The molecule has 1 aliphatic heterocycles. The number of carbonyl (C=O) groups is 1. The molecule has 0 radical (unpaired) electrons. The maximum absolute atomic E-state index is 12.8. The Morgan fingerprint density at radius 2 is 1.96 bits per heavy atom. The Balaban J connectivity index is 1.60. The van der Waals surface area contributed by atoms with Crippen LogP contribution < -0.4 is 10.1 Å². The van der Waals surface area contributed by atoms with E-state index in [0.717, 1.165) is 50.6 Å². The molecule has 0 aliphatic carbocycles. The third kappa shape index (κ3) is 5.19. The lowest BCUT2D eigenvalue weighted by molar-refractivity contribution is 0.0637. The van der Waals surface area contributed by atoms with E-state index in [-0.39, 0.29) is 5.91 Å². The lowest BCUT2D eigenvalue weighted by Gasteiger charge is -2.33. The van der Waals surface area contributed by atoms with Gasteiger partial charge in [0.1, 0.15) is 11.4 Å². The molecular weight excluding hydrogens is 354 g/mol. The van der Waals surface area contributed by atoms with Crippen molar-refractivity contribution < 1.29 is 9.53 Å². The number of hydrogen-bond donors (Lipinski definition) is 1. The van der Waals surface area contributed by atoms with E-state index in [2.05, 4.69) is 33.2 Å². The van der Waals surface area contributed by atoms with Crippen LogP contribution in [0.5, 0.6) is 5.75 Å². The van der Waals surface area contributed by atoms with Crippen molar-refractivity contribution >= 4 is 11.9 Å². The minimum Gasteiger partial charge on any atom is -0.497 e. The average Bonchev–Trinajstić information content (AvgIpc) is 2.73. The highest BCUT2D eigenvalue weighted by Gasteiger charge is 2.23. The van der Waals surface area contributed by atoms with E-state index in [0.29, 0.717) is 18.2 Å². The fraction of sp³-hybridized carbons (Fsp3) is 0.476. The number of carbonyl (C=O) groups excluding carboxylic acids is 1. The number of rotatable bonds is 7. The number of anilines is 1. The van der Waals surface area contributed by atoms with Gasteiger partial charge >= 0.3 is 0 Å². The Bertz CT molecular complexity index is 803. The first kappa shape index (κ1) is 20.1. The zero-order valence-electron chi connectivity index (χ0n) is 16.9. The third-order valence-electron chi connectivity index (χ3n) is 5.01. The van der Waals surface area contributed by atoms with Crippen LogP contribution in [0.3, 0.4) is 0 Å². The molecular formula is C21H29N5O2. The Kier molecular flexibility index (Phi) is 6.81. The standard InChI is InChI=1S/C21H29N5O2/c1-4-25-10-12-26(13-11-25)20(27)19-14-16(2)23-21(24-19)22-9-8-17-6-5-7-18(15-17)28-3/h5-7,14-15H,4,8-13H2,1-3H3,(H,22,23,24). The fourth-order valence-corrected chi connectivity index (χ4v) is 3.33. The summed E-state index contributed by atoms with van der Waals surface area (Å²) < 4.78 is 5.26. The number of hydrogen-bond acceptors (Lipinski definition) is 6. The summed E-state index contributed by atoms with van der Waals surface area (Å²) in [4.78, 5) is 26.0. The minimum atomic E-state index is -0.0166. The highest BCUT2D eigenvalue weighted by Crippen LogP contribution is 2.14. The molecule has 0 atom stereocenters. The number of methoxy groups -OCH3 is 1. The largest absolute Gasteiger partial charge is 0.497 e. The first-order valence-corrected chi connectivity index (χ1v) is 9.83. The predicted molar refractivity (Wildman–Crippen MR) is 110 cm³/mol. The SMILES string of the molecule is CCN1CCN(C(=O)c2cc(C)nc(NCCc3cccc(OC)c3)n2)CC1. The normalized spacial score (nSPS) is 14.8. The predicted octanol–water partition coefficient (Wildman–Crippen LogP) is 2.23. The third-order valence-corrected chi connectivity index (χ3v) is 5.01. The molecule has 0 unspecified atom stereocenters. The van der Waals surface area contributed by atoms with Gasteiger partial charge in [-0.05, 0) is 43.7 Å². The van der Waals surface area contributed by atoms with Gasteiger partial charge in [-0.3, -0.25) is 4.79 Å². The van der Waals surface area contributed by atoms with Crippen molar-refractivity contribution in [2.24, 2.45) is 0 Å². The van der Waals surface area contributed by atoms with Crippen LogP contribution in [0.15, 0.2) is 30.3 Å². The summed E-state index contributed by atoms with van der Waals surface area (Å²) in [5, 5.41) is 3.24. The summed E-state index contributed by atoms with van der Waals surface area (Å²) in [6.45, 7) is 9.06. The van der Waals surface area contributed by atoms with E-state index in [1.54, 1.807) is 13.2 Å². The molecule has 3 rings (SSSR count). The van der Waals surface area contributed by atoms with Gasteiger partial charge in [0, 0.05) is 38.4 Å². The van der Waals surface area contributed by atoms with Crippen LogP contribution in [0.2, 0.25) is 0 Å². The first-order valence-electron chi connectivity index (χ1n) is 9.83. The molecule has 7 heteroatoms. The molecule has 7 nitrogen and oxygen atoms in total. The van der Waals surface area contributed by atoms with E-state index >= 15 is 0 Å². The lowest BCUT2D eigenvalue weighted by Crippen LogP contribution is -2.48. The van der Waals surface area contributed by atoms with E-state index < -0.39 is 0 Å². The van der Waals surface area contributed by atoms with E-state index in [1.807, 2.05) is 30.0 Å². The van der Waals surface area contributed by atoms with Crippen LogP contribution in [0.4, 0.5) is 5.95 Å². The van der Waals surface area contributed by atoms with Gasteiger partial charge in [0.05, 0.1) is 7.11 Å². The molecule has 1 aromatic heterocycles. The van der Waals surface area contributed by atoms with Crippen molar-refractivity contribution in [3.63, 3.8) is 0 Å². The number of aryl methyl sites for hydroxylation is 1. The maximum Gasteiger partial charge on any atom is 0.272 e. The maximum atomic E-state index is 12.8. The highest BCUT2D eigenvalue weighted by atomic mass is 16.5. The van der Waals surface area contributed by atoms with Crippen LogP contribution in [0, 0.1) is 6.92 Å². The molecule has 2 heterocycles. The molecule has 1 aliphatic rings. The quantitative estimate of drug-likeness (QED) is 0.791. The smallest absolute Gasteiger partial charge is 0.272 e. The molecule has 0 spiro atoms. The van der Waals surface area contributed by atoms with Crippen LogP contribution in [-0.4, -0.2) is 72.1 Å². The molecule has 1 fully saturated rings. The Labute approximate surface area is 166 Å². The summed E-state index contributed by atoms with van der Waals surface area (Å²) in [7, 11) is 1.67. The second-order valence-corrected chi connectivity index (χ2v) is 6.97. The zero-order chi connectivity index (χ0) is 19.9. The summed E-state index contributed by atoms with van der Waals surface area (Å²) in [5.41, 5.74) is 2.42. The second kappa shape index (κ2) is 9.50. The molecule has 150 valence electrons. The van der Waals surface area contributed by atoms with Crippen LogP contribution in [0.25, 0.3) is 0 Å². The van der Waals surface area contributed by atoms with Crippen molar-refractivity contribution in [3.8, 4) is 5.75 Å². The van der Waals surface area contributed by atoms with Gasteiger partial charge in [0.25, 0.3) is 5.91 Å². The van der Waals surface area contributed by atoms with Crippen molar-refractivity contribution in [1.29, 1.82) is 0 Å². The molecule has 28 heavy (non-hydrogen) atoms. The minimum absolute atomic E-state index is 0.0166. The highest BCUT2D eigenvalue weighted by molar-refractivity contribution is 5.92. The molecule has 1 N–H and O–H groups in total. The van der Waals surface area contributed by atoms with Gasteiger partial charge < -0.3 is 19.9 Å². The summed E-state index contributed by atoms with van der Waals surface area (Å²) in [6.07, 6.45) is 0.816. The van der Waals surface area contributed by atoms with Crippen molar-refractivity contribution in [2.75, 3.05) is 51.7 Å².